The number of urea groups is 1. The third-order valence-electron chi connectivity index (χ3n) is 5.94. The Balaban J connectivity index is 1.72. The Morgan fingerprint density at radius 1 is 0.923 bits per heavy atom. The number of hydrogen-bond donors (Lipinski definition) is 3. The van der Waals surface area contributed by atoms with Gasteiger partial charge in [0.2, 0.25) is 11.8 Å². The summed E-state index contributed by atoms with van der Waals surface area (Å²) in [6.07, 6.45) is 0. The third-order valence-corrected chi connectivity index (χ3v) is 7.10. The van der Waals surface area contributed by atoms with E-state index in [9.17, 15) is 27.4 Å². The average molecular weight is 555 g/mol. The summed E-state index contributed by atoms with van der Waals surface area (Å²) in [6, 6.07) is 20.8. The highest BCUT2D eigenvalue weighted by atomic mass is 32.2. The van der Waals surface area contributed by atoms with E-state index in [1.807, 2.05) is 6.07 Å². The fourth-order valence-corrected chi connectivity index (χ4v) is 4.10. The lowest BCUT2D eigenvalue weighted by molar-refractivity contribution is -0.121. The van der Waals surface area contributed by atoms with Gasteiger partial charge in [0, 0.05) is 30.2 Å². The zero-order valence-electron chi connectivity index (χ0n) is 21.7. The van der Waals surface area contributed by atoms with Crippen molar-refractivity contribution in [2.45, 2.75) is 12.2 Å². The molecule has 0 aromatic heterocycles. The number of rotatable bonds is 10. The first-order valence-corrected chi connectivity index (χ1v) is 13.4. The number of carbonyl (C=O) groups excluding carboxylic acids is 3. The minimum absolute atomic E-state index is 0.261. The minimum atomic E-state index is -4.32. The van der Waals surface area contributed by atoms with Gasteiger partial charge >= 0.3 is 6.03 Å². The summed E-state index contributed by atoms with van der Waals surface area (Å²) in [5.74, 6) is -0.424. The van der Waals surface area contributed by atoms with Crippen molar-refractivity contribution in [3.63, 3.8) is 0 Å². The highest BCUT2D eigenvalue weighted by Gasteiger charge is 2.23. The van der Waals surface area contributed by atoms with Crippen molar-refractivity contribution in [1.29, 1.82) is 0 Å². The third kappa shape index (κ3) is 8.03. The smallest absolute Gasteiger partial charge is 0.319 e. The van der Waals surface area contributed by atoms with Gasteiger partial charge in [-0.15, -0.1) is 0 Å². The maximum absolute atomic E-state index is 13.2. The molecule has 0 fully saturated rings. The van der Waals surface area contributed by atoms with Crippen LogP contribution in [0.1, 0.15) is 17.7 Å². The van der Waals surface area contributed by atoms with Gasteiger partial charge in [0.15, 0.2) is 0 Å². The molecule has 11 nitrogen and oxygen atoms in total. The predicted molar refractivity (Wildman–Crippen MR) is 149 cm³/mol. The van der Waals surface area contributed by atoms with Gasteiger partial charge < -0.3 is 25.2 Å². The second-order valence-electron chi connectivity index (χ2n) is 8.56. The first-order valence-electron chi connectivity index (χ1n) is 11.9. The lowest BCUT2D eigenvalue weighted by atomic mass is 10.1. The number of carbonyl (C=O) groups is 3. The quantitative estimate of drug-likeness (QED) is 0.325. The molecule has 0 aliphatic carbocycles. The lowest BCUT2D eigenvalue weighted by Crippen LogP contribution is -2.46. The van der Waals surface area contributed by atoms with Gasteiger partial charge in [0.1, 0.15) is 17.5 Å². The zero-order valence-corrected chi connectivity index (χ0v) is 22.5. The Labute approximate surface area is 227 Å². The molecule has 0 radical (unpaired) electrons. The Morgan fingerprint density at radius 2 is 1.59 bits per heavy atom. The van der Waals surface area contributed by atoms with E-state index in [1.165, 1.54) is 48.1 Å². The van der Waals surface area contributed by atoms with Gasteiger partial charge in [-0.1, -0.05) is 36.4 Å². The largest absolute Gasteiger partial charge is 0.497 e. The Kier molecular flexibility index (Phi) is 9.63. The molecule has 0 aliphatic rings. The number of nitrogens with zero attached hydrogens (tertiary/aromatic N) is 2. The van der Waals surface area contributed by atoms with Gasteiger partial charge in [0.05, 0.1) is 13.7 Å². The molecule has 1 atom stereocenters. The molecule has 4 amide bonds. The van der Waals surface area contributed by atoms with E-state index in [1.54, 1.807) is 55.6 Å². The fraction of sp³-hybridized carbons (Fsp3) is 0.222. The number of ether oxygens (including phenoxy) is 1. The summed E-state index contributed by atoms with van der Waals surface area (Å²) in [4.78, 5) is 41.5. The molecule has 3 rings (SSSR count). The molecule has 0 unspecified atom stereocenters. The number of methoxy groups -OCH3 is 1. The Morgan fingerprint density at radius 3 is 2.26 bits per heavy atom. The van der Waals surface area contributed by atoms with Gasteiger partial charge in [0.25, 0.3) is 10.1 Å². The molecule has 0 saturated carbocycles. The number of para-hydroxylation sites is 1. The number of amides is 4. The summed E-state index contributed by atoms with van der Waals surface area (Å²) in [5.41, 5.74) is 1.60. The molecule has 0 heterocycles. The highest BCUT2D eigenvalue weighted by Crippen LogP contribution is 2.24. The predicted octanol–water partition coefficient (Wildman–Crippen LogP) is 3.46. The van der Waals surface area contributed by atoms with Crippen molar-refractivity contribution in [3.05, 3.63) is 84.4 Å². The van der Waals surface area contributed by atoms with Crippen LogP contribution >= 0.6 is 0 Å². The van der Waals surface area contributed by atoms with Crippen molar-refractivity contribution in [2.75, 3.05) is 42.4 Å². The van der Waals surface area contributed by atoms with Crippen LogP contribution in [-0.4, -0.2) is 58.1 Å². The van der Waals surface area contributed by atoms with Gasteiger partial charge in [-0.3, -0.25) is 14.1 Å². The van der Waals surface area contributed by atoms with Crippen LogP contribution in [0.5, 0.6) is 5.75 Å². The van der Waals surface area contributed by atoms with Gasteiger partial charge in [-0.25, -0.2) is 4.79 Å². The Bertz CT molecular complexity index is 1430. The van der Waals surface area contributed by atoms with Crippen LogP contribution in [0.15, 0.2) is 78.9 Å². The molecule has 3 aromatic rings. The van der Waals surface area contributed by atoms with E-state index in [0.29, 0.717) is 17.1 Å². The maximum atomic E-state index is 13.2. The minimum Gasteiger partial charge on any atom is -0.497 e. The first-order chi connectivity index (χ1) is 18.5. The lowest BCUT2D eigenvalue weighted by Gasteiger charge is -2.26. The van der Waals surface area contributed by atoms with Crippen molar-refractivity contribution >= 4 is 45.0 Å². The SMILES string of the molecule is COc1cccc(N(CC(=O)N(C)c2ccccc2)C(=O)CNC(=O)Nc2cccc([C@@H](C)S(=O)(=O)O)c2)c1. The summed E-state index contributed by atoms with van der Waals surface area (Å²) in [7, 11) is -1.23. The van der Waals surface area contributed by atoms with E-state index in [2.05, 4.69) is 10.6 Å². The summed E-state index contributed by atoms with van der Waals surface area (Å²) in [5, 5.41) is 3.80. The molecule has 206 valence electrons. The van der Waals surface area contributed by atoms with Crippen LogP contribution in [0.2, 0.25) is 0 Å². The van der Waals surface area contributed by atoms with E-state index >= 15 is 0 Å². The number of hydrogen-bond acceptors (Lipinski definition) is 6. The highest BCUT2D eigenvalue weighted by molar-refractivity contribution is 7.86. The maximum Gasteiger partial charge on any atom is 0.319 e. The number of likely N-dealkylation sites (N-methyl/N-ethyl adjacent to an activating group) is 1. The summed E-state index contributed by atoms with van der Waals surface area (Å²) >= 11 is 0. The first kappa shape index (κ1) is 29.1. The molecule has 0 bridgehead atoms. The number of benzene rings is 3. The molecular weight excluding hydrogens is 524 g/mol. The van der Waals surface area contributed by atoms with Crippen LogP contribution in [0, 0.1) is 0 Å². The average Bonchev–Trinajstić information content (AvgIpc) is 2.93. The molecule has 12 heteroatoms. The number of anilines is 3. The zero-order chi connectivity index (χ0) is 28.6. The van der Waals surface area contributed by atoms with Crippen molar-refractivity contribution in [2.24, 2.45) is 0 Å². The van der Waals surface area contributed by atoms with Gasteiger partial charge in [-0.05, 0) is 48.9 Å². The van der Waals surface area contributed by atoms with Gasteiger partial charge in [-0.2, -0.15) is 8.42 Å². The van der Waals surface area contributed by atoms with Crippen molar-refractivity contribution in [3.8, 4) is 5.75 Å². The van der Waals surface area contributed by atoms with Crippen LogP contribution in [-0.2, 0) is 19.7 Å². The normalized spacial score (nSPS) is 11.7. The summed E-state index contributed by atoms with van der Waals surface area (Å²) in [6.45, 7) is 0.583. The molecule has 39 heavy (non-hydrogen) atoms. The van der Waals surface area contributed by atoms with E-state index < -0.39 is 33.9 Å². The molecule has 3 N–H and O–H groups in total. The molecule has 0 aliphatic heterocycles. The second kappa shape index (κ2) is 12.9. The Hall–Kier alpha value is -4.42. The monoisotopic (exact) mass is 554 g/mol. The molecule has 0 spiro atoms. The topological polar surface area (TPSA) is 145 Å². The van der Waals surface area contributed by atoms with E-state index in [4.69, 9.17) is 4.74 Å². The molecular formula is C27H30N4O7S. The van der Waals surface area contributed by atoms with Crippen molar-refractivity contribution < 1.29 is 32.1 Å². The standard InChI is InChI=1S/C27H30N4O7S/c1-19(39(35,36)37)20-9-7-10-21(15-20)29-27(34)28-17-25(32)31(23-13-8-14-24(16-23)38-3)18-26(33)30(2)22-11-5-4-6-12-22/h4-16,19H,17-18H2,1-3H3,(H2,28,29,34)(H,35,36,37)/t19-/m1/s1. The second-order valence-corrected chi connectivity index (χ2v) is 10.3. The molecule has 3 aromatic carbocycles. The van der Waals surface area contributed by atoms with E-state index in [-0.39, 0.29) is 23.7 Å². The van der Waals surface area contributed by atoms with Crippen LogP contribution in [0.25, 0.3) is 0 Å². The molecule has 0 saturated heterocycles. The van der Waals surface area contributed by atoms with Crippen LogP contribution in [0.3, 0.4) is 0 Å². The van der Waals surface area contributed by atoms with Crippen molar-refractivity contribution in [1.82, 2.24) is 5.32 Å². The van der Waals surface area contributed by atoms with Crippen LogP contribution < -0.4 is 25.2 Å². The van der Waals surface area contributed by atoms with E-state index in [0.717, 1.165) is 0 Å². The van der Waals surface area contributed by atoms with Crippen LogP contribution in [0.4, 0.5) is 21.9 Å². The fourth-order valence-electron chi connectivity index (χ4n) is 3.61. The summed E-state index contributed by atoms with van der Waals surface area (Å²) < 4.78 is 37.4. The number of nitrogens with one attached hydrogen (secondary N) is 2.